The van der Waals surface area contributed by atoms with Gasteiger partial charge in [0.05, 0.1) is 6.61 Å². The molecule has 2 aromatic carbocycles. The van der Waals surface area contributed by atoms with Gasteiger partial charge in [-0.1, -0.05) is 75.4 Å². The van der Waals surface area contributed by atoms with Gasteiger partial charge in [0, 0.05) is 23.5 Å². The van der Waals surface area contributed by atoms with Crippen molar-refractivity contribution in [3.05, 3.63) is 66.5 Å². The molecule has 5 nitrogen and oxygen atoms in total. The van der Waals surface area contributed by atoms with Gasteiger partial charge in [-0.05, 0) is 49.9 Å². The van der Waals surface area contributed by atoms with Crippen molar-refractivity contribution in [2.24, 2.45) is 0 Å². The maximum Gasteiger partial charge on any atom is 0.347 e. The van der Waals surface area contributed by atoms with Crippen LogP contribution in [0.5, 0.6) is 5.75 Å². The molecule has 0 saturated heterocycles. The van der Waals surface area contributed by atoms with E-state index >= 15 is 0 Å². The molecule has 0 fully saturated rings. The Hall–Kier alpha value is -3.21. The number of esters is 1. The number of unbranched alkanes of at least 4 members (excludes halogenated alkanes) is 5. The molecule has 1 heterocycles. The van der Waals surface area contributed by atoms with E-state index in [4.69, 9.17) is 9.47 Å². The molecule has 5 heteroatoms. The fourth-order valence-electron chi connectivity index (χ4n) is 3.79. The number of hydrogen-bond acceptors (Lipinski definition) is 5. The second-order valence-electron chi connectivity index (χ2n) is 8.55. The standard InChI is InChI=1S/C29H36N2O3/c1-4-6-7-8-9-10-11-23-12-14-25(15-13-23)28-30-20-26(21-31-28)24-16-18-27(19-17-24)34-22(3)29(32)33-5-2/h12-22H,4-11H2,1-3H3. The highest BCUT2D eigenvalue weighted by Gasteiger charge is 2.15. The van der Waals surface area contributed by atoms with Crippen LogP contribution in [0.1, 0.15) is 64.9 Å². The molecule has 0 aliphatic rings. The average Bonchev–Trinajstić information content (AvgIpc) is 2.87. The van der Waals surface area contributed by atoms with Crippen LogP contribution in [0, 0.1) is 0 Å². The highest BCUT2D eigenvalue weighted by atomic mass is 16.6. The minimum absolute atomic E-state index is 0.338. The van der Waals surface area contributed by atoms with E-state index in [0.717, 1.165) is 28.9 Å². The third-order valence-electron chi connectivity index (χ3n) is 5.80. The lowest BCUT2D eigenvalue weighted by atomic mass is 10.0. The van der Waals surface area contributed by atoms with Crippen molar-refractivity contribution < 1.29 is 14.3 Å². The molecule has 1 aromatic heterocycles. The molecule has 0 saturated carbocycles. The Kier molecular flexibility index (Phi) is 10.1. The Morgan fingerprint density at radius 2 is 1.41 bits per heavy atom. The zero-order valence-electron chi connectivity index (χ0n) is 20.6. The van der Waals surface area contributed by atoms with Gasteiger partial charge in [0.1, 0.15) is 5.75 Å². The number of benzene rings is 2. The minimum atomic E-state index is -0.648. The van der Waals surface area contributed by atoms with E-state index in [1.165, 1.54) is 44.1 Å². The molecule has 0 radical (unpaired) electrons. The Balaban J connectivity index is 1.54. The van der Waals surface area contributed by atoms with E-state index in [1.54, 1.807) is 13.8 Å². The molecule has 0 N–H and O–H groups in total. The summed E-state index contributed by atoms with van der Waals surface area (Å²) in [6.45, 7) is 6.05. The van der Waals surface area contributed by atoms with Crippen LogP contribution >= 0.6 is 0 Å². The molecule has 1 atom stereocenters. The van der Waals surface area contributed by atoms with Gasteiger partial charge in [0.25, 0.3) is 0 Å². The quantitative estimate of drug-likeness (QED) is 0.202. The topological polar surface area (TPSA) is 61.3 Å². The van der Waals surface area contributed by atoms with Crippen LogP contribution in [0.15, 0.2) is 60.9 Å². The first-order valence-corrected chi connectivity index (χ1v) is 12.5. The predicted molar refractivity (Wildman–Crippen MR) is 137 cm³/mol. The second kappa shape index (κ2) is 13.5. The van der Waals surface area contributed by atoms with Crippen LogP contribution in [0.4, 0.5) is 0 Å². The summed E-state index contributed by atoms with van der Waals surface area (Å²) in [6, 6.07) is 16.1. The summed E-state index contributed by atoms with van der Waals surface area (Å²) >= 11 is 0. The first-order valence-electron chi connectivity index (χ1n) is 12.5. The molecule has 34 heavy (non-hydrogen) atoms. The SMILES string of the molecule is CCCCCCCCc1ccc(-c2ncc(-c3ccc(OC(C)C(=O)OCC)cc3)cn2)cc1. The molecule has 0 amide bonds. The molecule has 3 aromatic rings. The summed E-state index contributed by atoms with van der Waals surface area (Å²) in [7, 11) is 0. The molecule has 180 valence electrons. The molecular weight excluding hydrogens is 424 g/mol. The molecule has 1 unspecified atom stereocenters. The first kappa shape index (κ1) is 25.4. The van der Waals surface area contributed by atoms with Gasteiger partial charge in [-0.2, -0.15) is 0 Å². The fraction of sp³-hybridized carbons (Fsp3) is 0.414. The Morgan fingerprint density at radius 3 is 2.06 bits per heavy atom. The number of aromatic nitrogens is 2. The maximum absolute atomic E-state index is 11.7. The van der Waals surface area contributed by atoms with Crippen LogP contribution < -0.4 is 4.74 Å². The van der Waals surface area contributed by atoms with Crippen molar-refractivity contribution in [2.75, 3.05) is 6.61 Å². The lowest BCUT2D eigenvalue weighted by molar-refractivity contribution is -0.150. The van der Waals surface area contributed by atoms with Crippen molar-refractivity contribution in [2.45, 2.75) is 71.8 Å². The second-order valence-corrected chi connectivity index (χ2v) is 8.55. The van der Waals surface area contributed by atoms with E-state index in [2.05, 4.69) is 41.2 Å². The van der Waals surface area contributed by atoms with Crippen molar-refractivity contribution in [3.8, 4) is 28.3 Å². The van der Waals surface area contributed by atoms with Crippen molar-refractivity contribution in [1.82, 2.24) is 9.97 Å². The van der Waals surface area contributed by atoms with Crippen LogP contribution in [-0.4, -0.2) is 28.6 Å². The minimum Gasteiger partial charge on any atom is -0.479 e. The lowest BCUT2D eigenvalue weighted by Gasteiger charge is -2.13. The van der Waals surface area contributed by atoms with E-state index in [0.29, 0.717) is 12.4 Å². The number of rotatable bonds is 13. The van der Waals surface area contributed by atoms with Crippen LogP contribution in [0.25, 0.3) is 22.5 Å². The van der Waals surface area contributed by atoms with E-state index in [-0.39, 0.29) is 5.97 Å². The van der Waals surface area contributed by atoms with Gasteiger partial charge in [0.15, 0.2) is 11.9 Å². The molecular formula is C29H36N2O3. The number of carbonyl (C=O) groups is 1. The fourth-order valence-corrected chi connectivity index (χ4v) is 3.79. The predicted octanol–water partition coefficient (Wildman–Crippen LogP) is 7.04. The molecule has 0 aliphatic carbocycles. The summed E-state index contributed by atoms with van der Waals surface area (Å²) in [5, 5.41) is 0. The van der Waals surface area contributed by atoms with Crippen molar-refractivity contribution in [1.29, 1.82) is 0 Å². The zero-order chi connectivity index (χ0) is 24.2. The summed E-state index contributed by atoms with van der Waals surface area (Å²) in [4.78, 5) is 20.9. The third-order valence-corrected chi connectivity index (χ3v) is 5.80. The van der Waals surface area contributed by atoms with Gasteiger partial charge in [-0.3, -0.25) is 0 Å². The normalized spacial score (nSPS) is 11.7. The van der Waals surface area contributed by atoms with E-state index in [1.807, 2.05) is 36.7 Å². The van der Waals surface area contributed by atoms with Crippen LogP contribution in [0.2, 0.25) is 0 Å². The van der Waals surface area contributed by atoms with Crippen LogP contribution in [0.3, 0.4) is 0 Å². The number of nitrogens with zero attached hydrogens (tertiary/aromatic N) is 2. The van der Waals surface area contributed by atoms with Gasteiger partial charge < -0.3 is 9.47 Å². The highest BCUT2D eigenvalue weighted by Crippen LogP contribution is 2.24. The summed E-state index contributed by atoms with van der Waals surface area (Å²) in [5.41, 5.74) is 4.30. The van der Waals surface area contributed by atoms with Gasteiger partial charge >= 0.3 is 5.97 Å². The van der Waals surface area contributed by atoms with E-state index in [9.17, 15) is 4.79 Å². The Labute approximate surface area is 203 Å². The van der Waals surface area contributed by atoms with Gasteiger partial charge in [-0.15, -0.1) is 0 Å². The van der Waals surface area contributed by atoms with Gasteiger partial charge in [-0.25, -0.2) is 14.8 Å². The maximum atomic E-state index is 11.7. The number of aryl methyl sites for hydroxylation is 1. The molecule has 0 spiro atoms. The lowest BCUT2D eigenvalue weighted by Crippen LogP contribution is -2.25. The summed E-state index contributed by atoms with van der Waals surface area (Å²) in [6.07, 6.45) is 12.1. The average molecular weight is 461 g/mol. The number of carbonyl (C=O) groups excluding carboxylic acids is 1. The van der Waals surface area contributed by atoms with Gasteiger partial charge in [0.2, 0.25) is 0 Å². The molecule has 0 bridgehead atoms. The smallest absolute Gasteiger partial charge is 0.347 e. The first-order chi connectivity index (χ1) is 16.6. The Bertz CT molecular complexity index is 999. The van der Waals surface area contributed by atoms with Crippen molar-refractivity contribution in [3.63, 3.8) is 0 Å². The molecule has 3 rings (SSSR count). The highest BCUT2D eigenvalue weighted by molar-refractivity contribution is 5.74. The van der Waals surface area contributed by atoms with Crippen LogP contribution in [-0.2, 0) is 16.0 Å². The van der Waals surface area contributed by atoms with E-state index < -0.39 is 6.10 Å². The monoisotopic (exact) mass is 460 g/mol. The van der Waals surface area contributed by atoms with Crippen molar-refractivity contribution >= 4 is 5.97 Å². The molecule has 0 aliphatic heterocycles. The Morgan fingerprint density at radius 1 is 0.794 bits per heavy atom. The number of hydrogen-bond donors (Lipinski definition) is 0. The third kappa shape index (κ3) is 7.68. The number of ether oxygens (including phenoxy) is 2. The summed E-state index contributed by atoms with van der Waals surface area (Å²) < 4.78 is 10.6. The largest absolute Gasteiger partial charge is 0.479 e. The zero-order valence-corrected chi connectivity index (χ0v) is 20.6. The summed E-state index contributed by atoms with van der Waals surface area (Å²) in [5.74, 6) is 0.965.